The molecule has 1 aromatic carbocycles. The normalized spacial score (nSPS) is 17.8. The van der Waals surface area contributed by atoms with Gasteiger partial charge in [-0.1, -0.05) is 0 Å². The summed E-state index contributed by atoms with van der Waals surface area (Å²) >= 11 is 0. The molecule has 7 nitrogen and oxygen atoms in total. The number of halogens is 1. The number of likely N-dealkylation sites (N-methyl/N-ethyl adjacent to an activating group) is 1. The number of aliphatic carboxylic acids is 1. The first-order valence-corrected chi connectivity index (χ1v) is 9.28. The second-order valence-electron chi connectivity index (χ2n) is 7.04. The fourth-order valence-electron chi connectivity index (χ4n) is 3.55. The molecule has 2 aromatic rings. The molecule has 0 spiro atoms. The number of hydrogen-bond donors (Lipinski definition) is 1. The Bertz CT molecular complexity index is 750. The second-order valence-corrected chi connectivity index (χ2v) is 7.04. The molecule has 0 amide bonds. The van der Waals surface area contributed by atoms with Crippen LogP contribution in [-0.4, -0.2) is 65.7 Å². The molecule has 1 atom stereocenters. The Hall–Kier alpha value is -2.09. The molecule has 0 radical (unpaired) electrons. The monoisotopic (exact) mass is 409 g/mol. The number of carboxylic acids is 1. The Morgan fingerprint density at radius 1 is 1.32 bits per heavy atom. The SMILES string of the molecule is COc1ccc(-c2nc(CN3CCCC(N(C)CC(=O)O)CC3)co2)cc1.Cl. The standard InChI is InChI=1S/C20H27N3O4.ClH/c1-22(13-19(24)25)17-4-3-10-23(11-9-17)12-16-14-27-20(21-16)15-5-7-18(26-2)8-6-15;/h5-8,14,17H,3-4,9-13H2,1-2H3,(H,24,25);1H. The van der Waals surface area contributed by atoms with E-state index in [-0.39, 0.29) is 19.0 Å². The van der Waals surface area contributed by atoms with E-state index in [0.29, 0.717) is 11.9 Å². The molecule has 1 unspecified atom stereocenters. The first-order valence-electron chi connectivity index (χ1n) is 9.28. The van der Waals surface area contributed by atoms with Crippen LogP contribution in [0.15, 0.2) is 34.9 Å². The van der Waals surface area contributed by atoms with Crippen LogP contribution in [0.1, 0.15) is 25.0 Å². The molecule has 0 aliphatic carbocycles. The fraction of sp³-hybridized carbons (Fsp3) is 0.500. The van der Waals surface area contributed by atoms with Crippen molar-refractivity contribution in [3.8, 4) is 17.2 Å². The molecule has 0 saturated carbocycles. The topological polar surface area (TPSA) is 79.0 Å². The predicted octanol–water partition coefficient (Wildman–Crippen LogP) is 3.14. The minimum atomic E-state index is -0.771. The summed E-state index contributed by atoms with van der Waals surface area (Å²) in [5, 5.41) is 8.98. The van der Waals surface area contributed by atoms with Gasteiger partial charge >= 0.3 is 5.97 Å². The van der Waals surface area contributed by atoms with Crippen LogP contribution in [0.4, 0.5) is 0 Å². The van der Waals surface area contributed by atoms with Gasteiger partial charge in [-0.25, -0.2) is 4.98 Å². The number of benzene rings is 1. The number of ether oxygens (including phenoxy) is 1. The van der Waals surface area contributed by atoms with E-state index in [1.54, 1.807) is 13.4 Å². The summed E-state index contributed by atoms with van der Waals surface area (Å²) in [5.74, 6) is 0.645. The first-order chi connectivity index (χ1) is 13.0. The van der Waals surface area contributed by atoms with Crippen molar-refractivity contribution in [3.63, 3.8) is 0 Å². The summed E-state index contributed by atoms with van der Waals surface area (Å²) < 4.78 is 10.8. The van der Waals surface area contributed by atoms with Crippen LogP contribution in [-0.2, 0) is 11.3 Å². The quantitative estimate of drug-likeness (QED) is 0.752. The minimum Gasteiger partial charge on any atom is -0.497 e. The van der Waals surface area contributed by atoms with E-state index in [1.807, 2.05) is 36.2 Å². The smallest absolute Gasteiger partial charge is 0.317 e. The van der Waals surface area contributed by atoms with E-state index in [1.165, 1.54) is 0 Å². The van der Waals surface area contributed by atoms with Gasteiger partial charge in [-0.2, -0.15) is 0 Å². The highest BCUT2D eigenvalue weighted by molar-refractivity contribution is 5.85. The Balaban J connectivity index is 0.00000280. The van der Waals surface area contributed by atoms with Crippen LogP contribution in [0.3, 0.4) is 0 Å². The summed E-state index contributed by atoms with van der Waals surface area (Å²) in [5.41, 5.74) is 1.84. The lowest BCUT2D eigenvalue weighted by Gasteiger charge is -2.25. The van der Waals surface area contributed by atoms with Gasteiger partial charge in [0.1, 0.15) is 12.0 Å². The van der Waals surface area contributed by atoms with Gasteiger partial charge in [0.25, 0.3) is 0 Å². The van der Waals surface area contributed by atoms with Crippen molar-refractivity contribution in [2.45, 2.75) is 31.8 Å². The summed E-state index contributed by atoms with van der Waals surface area (Å²) in [6.07, 6.45) is 4.76. The third kappa shape index (κ3) is 5.95. The maximum Gasteiger partial charge on any atom is 0.317 e. The van der Waals surface area contributed by atoms with Gasteiger partial charge in [0.15, 0.2) is 0 Å². The molecule has 1 N–H and O–H groups in total. The summed E-state index contributed by atoms with van der Waals surface area (Å²) in [6, 6.07) is 7.97. The van der Waals surface area contributed by atoms with Gasteiger partial charge in [0.2, 0.25) is 5.89 Å². The van der Waals surface area contributed by atoms with Gasteiger partial charge in [-0.3, -0.25) is 14.6 Å². The third-order valence-corrected chi connectivity index (χ3v) is 5.07. The molecule has 28 heavy (non-hydrogen) atoms. The highest BCUT2D eigenvalue weighted by Gasteiger charge is 2.22. The van der Waals surface area contributed by atoms with Gasteiger partial charge < -0.3 is 14.3 Å². The Morgan fingerprint density at radius 2 is 2.07 bits per heavy atom. The van der Waals surface area contributed by atoms with Crippen molar-refractivity contribution in [1.29, 1.82) is 0 Å². The number of oxazole rings is 1. The predicted molar refractivity (Wildman–Crippen MR) is 109 cm³/mol. The zero-order valence-corrected chi connectivity index (χ0v) is 17.2. The number of aromatic nitrogens is 1. The van der Waals surface area contributed by atoms with E-state index >= 15 is 0 Å². The zero-order chi connectivity index (χ0) is 19.2. The average Bonchev–Trinajstić information content (AvgIpc) is 2.99. The number of nitrogens with zero attached hydrogens (tertiary/aromatic N) is 3. The highest BCUT2D eigenvalue weighted by atomic mass is 35.5. The summed E-state index contributed by atoms with van der Waals surface area (Å²) in [7, 11) is 3.54. The van der Waals surface area contributed by atoms with E-state index in [9.17, 15) is 4.79 Å². The van der Waals surface area contributed by atoms with Gasteiger partial charge in [0, 0.05) is 24.7 Å². The molecule has 1 aliphatic rings. The Kier molecular flexibility index (Phi) is 8.29. The maximum atomic E-state index is 10.9. The van der Waals surface area contributed by atoms with Crippen LogP contribution in [0.2, 0.25) is 0 Å². The largest absolute Gasteiger partial charge is 0.497 e. The van der Waals surface area contributed by atoms with Crippen LogP contribution < -0.4 is 4.74 Å². The van der Waals surface area contributed by atoms with E-state index < -0.39 is 5.97 Å². The molecule has 1 fully saturated rings. The Labute approximate surface area is 171 Å². The second kappa shape index (κ2) is 10.5. The van der Waals surface area contributed by atoms with E-state index in [4.69, 9.17) is 14.3 Å². The van der Waals surface area contributed by atoms with Crippen molar-refractivity contribution < 1.29 is 19.1 Å². The van der Waals surface area contributed by atoms with E-state index in [2.05, 4.69) is 9.88 Å². The van der Waals surface area contributed by atoms with Crippen molar-refractivity contribution in [2.24, 2.45) is 0 Å². The van der Waals surface area contributed by atoms with Crippen LogP contribution >= 0.6 is 12.4 Å². The van der Waals surface area contributed by atoms with Crippen molar-refractivity contribution in [2.75, 3.05) is 33.8 Å². The molecular formula is C20H28ClN3O4. The molecule has 0 bridgehead atoms. The highest BCUT2D eigenvalue weighted by Crippen LogP contribution is 2.23. The summed E-state index contributed by atoms with van der Waals surface area (Å²) in [6.45, 7) is 2.76. The zero-order valence-electron chi connectivity index (χ0n) is 16.3. The fourth-order valence-corrected chi connectivity index (χ4v) is 3.55. The van der Waals surface area contributed by atoms with Crippen molar-refractivity contribution in [3.05, 3.63) is 36.2 Å². The summed E-state index contributed by atoms with van der Waals surface area (Å²) in [4.78, 5) is 19.9. The van der Waals surface area contributed by atoms with Gasteiger partial charge in [-0.05, 0) is 57.1 Å². The lowest BCUT2D eigenvalue weighted by molar-refractivity contribution is -0.138. The Morgan fingerprint density at radius 3 is 2.75 bits per heavy atom. The molecule has 1 aromatic heterocycles. The number of carboxylic acid groups (broad SMARTS) is 1. The van der Waals surface area contributed by atoms with Crippen LogP contribution in [0.25, 0.3) is 11.5 Å². The lowest BCUT2D eigenvalue weighted by Crippen LogP contribution is -2.36. The van der Waals surface area contributed by atoms with Crippen LogP contribution in [0.5, 0.6) is 5.75 Å². The average molecular weight is 410 g/mol. The first kappa shape index (κ1) is 22.2. The molecule has 1 saturated heterocycles. The number of carbonyl (C=O) groups is 1. The molecule has 3 rings (SSSR count). The molecule has 8 heteroatoms. The van der Waals surface area contributed by atoms with Gasteiger partial charge in [0.05, 0.1) is 19.3 Å². The van der Waals surface area contributed by atoms with Crippen molar-refractivity contribution in [1.82, 2.24) is 14.8 Å². The number of likely N-dealkylation sites (tertiary alicyclic amines) is 1. The molecular weight excluding hydrogens is 382 g/mol. The molecule has 2 heterocycles. The number of hydrogen-bond acceptors (Lipinski definition) is 6. The van der Waals surface area contributed by atoms with Gasteiger partial charge in [-0.15, -0.1) is 12.4 Å². The minimum absolute atomic E-state index is 0. The number of rotatable bonds is 7. The molecule has 1 aliphatic heterocycles. The lowest BCUT2D eigenvalue weighted by atomic mass is 10.1. The van der Waals surface area contributed by atoms with Crippen molar-refractivity contribution >= 4 is 18.4 Å². The molecule has 154 valence electrons. The number of methoxy groups -OCH3 is 1. The maximum absolute atomic E-state index is 10.9. The van der Waals surface area contributed by atoms with Crippen LogP contribution in [0, 0.1) is 0 Å². The third-order valence-electron chi connectivity index (χ3n) is 5.07. The van der Waals surface area contributed by atoms with E-state index in [0.717, 1.165) is 55.9 Å².